The number of carboxylic acids is 1. The van der Waals surface area contributed by atoms with Gasteiger partial charge in [0.1, 0.15) is 6.54 Å². The molecular weight excluding hydrogens is 304 g/mol. The van der Waals surface area contributed by atoms with E-state index in [4.69, 9.17) is 5.11 Å². The quantitative estimate of drug-likeness (QED) is 0.833. The van der Waals surface area contributed by atoms with Crippen LogP contribution < -0.4 is 11.2 Å². The minimum absolute atomic E-state index is 0.120. The monoisotopic (exact) mass is 318 g/mol. The molecule has 0 fully saturated rings. The maximum atomic E-state index is 12.1. The maximum Gasteiger partial charge on any atom is 0.332 e. The highest BCUT2D eigenvalue weighted by atomic mass is 79.9. The van der Waals surface area contributed by atoms with E-state index < -0.39 is 18.2 Å². The summed E-state index contributed by atoms with van der Waals surface area (Å²) in [6.07, 6.45) is 0. The molecule has 1 rings (SSSR count). The fraction of sp³-hybridized carbons (Fsp3) is 0.545. The van der Waals surface area contributed by atoms with Crippen LogP contribution in [-0.4, -0.2) is 20.2 Å². The number of aromatic nitrogens is 2. The van der Waals surface area contributed by atoms with Gasteiger partial charge in [0.15, 0.2) is 0 Å². The topological polar surface area (TPSA) is 81.3 Å². The summed E-state index contributed by atoms with van der Waals surface area (Å²) in [4.78, 5) is 34.8. The Labute approximate surface area is 112 Å². The molecule has 6 nitrogen and oxygen atoms in total. The molecule has 0 aliphatic heterocycles. The molecule has 18 heavy (non-hydrogen) atoms. The molecule has 0 saturated heterocycles. The molecule has 7 heteroatoms. The van der Waals surface area contributed by atoms with Crippen LogP contribution >= 0.6 is 15.9 Å². The molecule has 100 valence electrons. The van der Waals surface area contributed by atoms with Gasteiger partial charge in [0.2, 0.25) is 0 Å². The van der Waals surface area contributed by atoms with E-state index in [-0.39, 0.29) is 22.6 Å². The zero-order valence-corrected chi connectivity index (χ0v) is 12.0. The van der Waals surface area contributed by atoms with E-state index >= 15 is 0 Å². The van der Waals surface area contributed by atoms with Crippen molar-refractivity contribution in [3.63, 3.8) is 0 Å². The average molecular weight is 319 g/mol. The highest BCUT2D eigenvalue weighted by Crippen LogP contribution is 2.10. The lowest BCUT2D eigenvalue weighted by molar-refractivity contribution is -0.137. The van der Waals surface area contributed by atoms with Gasteiger partial charge in [-0.05, 0) is 28.8 Å². The molecule has 0 saturated carbocycles. The zero-order valence-electron chi connectivity index (χ0n) is 10.4. The zero-order chi connectivity index (χ0) is 14.0. The molecular formula is C11H15BrN2O4. The Morgan fingerprint density at radius 2 is 1.89 bits per heavy atom. The summed E-state index contributed by atoms with van der Waals surface area (Å²) in [5.74, 6) is -1.01. The Balaban J connectivity index is 3.54. The second kappa shape index (κ2) is 5.51. The summed E-state index contributed by atoms with van der Waals surface area (Å²) in [5, 5.41) is 8.78. The van der Waals surface area contributed by atoms with Crippen LogP contribution in [0, 0.1) is 12.8 Å². The first-order chi connectivity index (χ1) is 8.25. The van der Waals surface area contributed by atoms with Crippen LogP contribution in [0.25, 0.3) is 0 Å². The summed E-state index contributed by atoms with van der Waals surface area (Å²) in [6.45, 7) is 5.11. The fourth-order valence-electron chi connectivity index (χ4n) is 1.61. The first-order valence-electron chi connectivity index (χ1n) is 5.47. The number of nitrogens with zero attached hydrogens (tertiary/aromatic N) is 2. The summed E-state index contributed by atoms with van der Waals surface area (Å²) < 4.78 is 2.34. The molecule has 0 aliphatic carbocycles. The summed E-state index contributed by atoms with van der Waals surface area (Å²) in [5.41, 5.74) is -0.660. The molecule has 0 aromatic carbocycles. The Morgan fingerprint density at radius 3 is 2.33 bits per heavy atom. The van der Waals surface area contributed by atoms with Gasteiger partial charge in [-0.25, -0.2) is 4.79 Å². The second-order valence-corrected chi connectivity index (χ2v) is 5.24. The molecule has 0 atom stereocenters. The fourth-order valence-corrected chi connectivity index (χ4v) is 2.05. The second-order valence-electron chi connectivity index (χ2n) is 4.49. The number of halogens is 1. The lowest BCUT2D eigenvalue weighted by Crippen LogP contribution is -2.43. The third-order valence-corrected chi connectivity index (χ3v) is 3.44. The molecule has 0 bridgehead atoms. The first kappa shape index (κ1) is 14.7. The van der Waals surface area contributed by atoms with E-state index in [0.717, 1.165) is 9.13 Å². The predicted octanol–water partition coefficient (Wildman–Crippen LogP) is 0.822. The molecule has 1 heterocycles. The Kier molecular flexibility index (Phi) is 4.50. The van der Waals surface area contributed by atoms with Crippen molar-refractivity contribution in [2.75, 3.05) is 0 Å². The molecule has 0 spiro atoms. The van der Waals surface area contributed by atoms with Gasteiger partial charge in [0.05, 0.1) is 4.60 Å². The van der Waals surface area contributed by atoms with Crippen molar-refractivity contribution in [2.24, 2.45) is 5.92 Å². The van der Waals surface area contributed by atoms with Crippen LogP contribution in [-0.2, 0) is 17.9 Å². The van der Waals surface area contributed by atoms with Crippen LogP contribution in [0.1, 0.15) is 19.4 Å². The number of rotatable bonds is 4. The lowest BCUT2D eigenvalue weighted by atomic mass is 10.2. The number of carbonyl (C=O) groups is 1. The molecule has 1 N–H and O–H groups in total. The van der Waals surface area contributed by atoms with Crippen molar-refractivity contribution in [3.05, 3.63) is 31.0 Å². The van der Waals surface area contributed by atoms with Crippen molar-refractivity contribution in [1.29, 1.82) is 0 Å². The van der Waals surface area contributed by atoms with E-state index in [1.165, 1.54) is 0 Å². The van der Waals surface area contributed by atoms with E-state index in [0.29, 0.717) is 5.56 Å². The van der Waals surface area contributed by atoms with Crippen molar-refractivity contribution in [2.45, 2.75) is 33.9 Å². The molecule has 0 unspecified atom stereocenters. The molecule has 0 amide bonds. The summed E-state index contributed by atoms with van der Waals surface area (Å²) in [7, 11) is 0. The van der Waals surface area contributed by atoms with Crippen molar-refractivity contribution >= 4 is 21.9 Å². The summed E-state index contributed by atoms with van der Waals surface area (Å²) >= 11 is 3.10. The van der Waals surface area contributed by atoms with Gasteiger partial charge in [0, 0.05) is 12.1 Å². The van der Waals surface area contributed by atoms with Crippen molar-refractivity contribution < 1.29 is 9.90 Å². The molecule has 0 aliphatic rings. The first-order valence-corrected chi connectivity index (χ1v) is 6.26. The van der Waals surface area contributed by atoms with Gasteiger partial charge in [-0.15, -0.1) is 0 Å². The number of hydrogen-bond donors (Lipinski definition) is 1. The van der Waals surface area contributed by atoms with Crippen LogP contribution in [0.15, 0.2) is 14.2 Å². The third kappa shape index (κ3) is 2.90. The van der Waals surface area contributed by atoms with E-state index in [2.05, 4.69) is 15.9 Å². The summed E-state index contributed by atoms with van der Waals surface area (Å²) in [6, 6.07) is 0. The van der Waals surface area contributed by atoms with Crippen LogP contribution in [0.3, 0.4) is 0 Å². The molecule has 1 aromatic rings. The molecule has 0 radical (unpaired) electrons. The molecule has 1 aromatic heterocycles. The standard InChI is InChI=1S/C11H15BrN2O4/c1-6(2)4-14-10(17)7(3)9(12)13(11(14)18)5-8(15)16/h6H,4-5H2,1-3H3,(H,15,16). The van der Waals surface area contributed by atoms with Gasteiger partial charge in [-0.3, -0.25) is 18.7 Å². The van der Waals surface area contributed by atoms with Crippen molar-refractivity contribution in [3.8, 4) is 0 Å². The number of hydrogen-bond acceptors (Lipinski definition) is 3. The highest BCUT2D eigenvalue weighted by molar-refractivity contribution is 9.10. The van der Waals surface area contributed by atoms with Crippen LogP contribution in [0.4, 0.5) is 0 Å². The predicted molar refractivity (Wildman–Crippen MR) is 69.9 cm³/mol. The maximum absolute atomic E-state index is 12.1. The van der Waals surface area contributed by atoms with Crippen LogP contribution in [0.5, 0.6) is 0 Å². The van der Waals surface area contributed by atoms with Crippen LogP contribution in [0.2, 0.25) is 0 Å². The van der Waals surface area contributed by atoms with E-state index in [1.807, 2.05) is 13.8 Å². The Hall–Kier alpha value is -1.37. The highest BCUT2D eigenvalue weighted by Gasteiger charge is 2.16. The largest absolute Gasteiger partial charge is 0.480 e. The lowest BCUT2D eigenvalue weighted by Gasteiger charge is -2.14. The van der Waals surface area contributed by atoms with Gasteiger partial charge < -0.3 is 5.11 Å². The SMILES string of the molecule is Cc1c(Br)n(CC(=O)O)c(=O)n(CC(C)C)c1=O. The van der Waals surface area contributed by atoms with Gasteiger partial charge in [0.25, 0.3) is 5.56 Å². The van der Waals surface area contributed by atoms with E-state index in [1.54, 1.807) is 6.92 Å². The number of carboxylic acid groups (broad SMARTS) is 1. The normalized spacial score (nSPS) is 10.9. The minimum atomic E-state index is -1.13. The number of aliphatic carboxylic acids is 1. The Morgan fingerprint density at radius 1 is 1.33 bits per heavy atom. The van der Waals surface area contributed by atoms with Gasteiger partial charge in [-0.1, -0.05) is 13.8 Å². The smallest absolute Gasteiger partial charge is 0.332 e. The minimum Gasteiger partial charge on any atom is -0.480 e. The Bertz CT molecular complexity index is 586. The average Bonchev–Trinajstić information content (AvgIpc) is 2.27. The van der Waals surface area contributed by atoms with Gasteiger partial charge >= 0.3 is 11.7 Å². The van der Waals surface area contributed by atoms with Crippen molar-refractivity contribution in [1.82, 2.24) is 9.13 Å². The van der Waals surface area contributed by atoms with Gasteiger partial charge in [-0.2, -0.15) is 0 Å². The third-order valence-electron chi connectivity index (χ3n) is 2.42. The van der Waals surface area contributed by atoms with E-state index in [9.17, 15) is 14.4 Å².